The molecule has 0 amide bonds. The molecule has 170 valence electrons. The molecule has 0 aliphatic carbocycles. The Balaban J connectivity index is -0.000000399. The molecule has 0 aromatic heterocycles. The Kier molecular flexibility index (Phi) is 23.1. The van der Waals surface area contributed by atoms with E-state index in [0.29, 0.717) is 0 Å². The van der Waals surface area contributed by atoms with Gasteiger partial charge in [0, 0.05) is 0 Å². The van der Waals surface area contributed by atoms with Gasteiger partial charge in [0.1, 0.15) is 0 Å². The van der Waals surface area contributed by atoms with Crippen LogP contribution in [0, 0.1) is 22.7 Å². The van der Waals surface area contributed by atoms with Crippen molar-refractivity contribution in [3.05, 3.63) is 0 Å². The average molecular weight is 455 g/mol. The number of nitriles is 2. The van der Waals surface area contributed by atoms with Crippen LogP contribution in [0.1, 0.15) is 98.8 Å². The van der Waals surface area contributed by atoms with Crippen LogP contribution >= 0.6 is 0 Å². The van der Waals surface area contributed by atoms with Gasteiger partial charge in [0.25, 0.3) is 0 Å². The quantitative estimate of drug-likeness (QED) is 0.163. The summed E-state index contributed by atoms with van der Waals surface area (Å²) in [6, 6.07) is 3.94. The van der Waals surface area contributed by atoms with Gasteiger partial charge in [0.15, 0.2) is 11.1 Å². The first-order valence-electron chi connectivity index (χ1n) is 10.7. The molecule has 0 bridgehead atoms. The maximum atomic E-state index is 8.74. The van der Waals surface area contributed by atoms with Crippen LogP contribution in [0.25, 0.3) is 0 Å². The SMILES string of the molecule is CC(C)(C#N)N=NC(C)(C)C#N.CCCCCCCCCCC[CH2][Na].O=S(=O)(O)O. The van der Waals surface area contributed by atoms with E-state index in [9.17, 15) is 0 Å². The number of rotatable bonds is 12. The fourth-order valence-corrected chi connectivity index (χ4v) is 2.53. The molecule has 0 heterocycles. The third-order valence-electron chi connectivity index (χ3n) is 3.80. The molecule has 0 spiro atoms. The molecule has 2 N–H and O–H groups in total. The first kappa shape index (κ1) is 34.1. The zero-order chi connectivity index (χ0) is 24.1. The van der Waals surface area contributed by atoms with Gasteiger partial charge in [-0.2, -0.15) is 29.2 Å². The molecule has 0 aromatic carbocycles. The Morgan fingerprint density at radius 1 is 0.767 bits per heavy atom. The monoisotopic (exact) mass is 454 g/mol. The van der Waals surface area contributed by atoms with Crippen molar-refractivity contribution in [2.45, 2.75) is 114 Å². The number of azo groups is 1. The summed E-state index contributed by atoms with van der Waals surface area (Å²) in [6.45, 7) is 8.86. The second kappa shape index (κ2) is 20.4. The zero-order valence-corrected chi connectivity index (χ0v) is 22.5. The van der Waals surface area contributed by atoms with Gasteiger partial charge in [-0.1, -0.05) is 0 Å². The molecule has 0 aliphatic rings. The minimum absolute atomic E-state index is 0.839. The Morgan fingerprint density at radius 3 is 1.27 bits per heavy atom. The molecule has 10 heteroatoms. The summed E-state index contributed by atoms with van der Waals surface area (Å²) in [5.41, 5.74) is -1.68. The predicted molar refractivity (Wildman–Crippen MR) is 121 cm³/mol. The standard InChI is InChI=1S/C12H25.C8H12N4.Na.H2O4S/c1-3-5-7-9-11-12-10-8-6-4-2;1-7(2,5-9)11-12-8(3,4)6-10;;1-5(2,3)4/h1,3-12H2,2H3;1-4H3;;(H2,1,2,3,4). The van der Waals surface area contributed by atoms with Gasteiger partial charge in [0.2, 0.25) is 0 Å². The summed E-state index contributed by atoms with van der Waals surface area (Å²) in [6.07, 6.45) is 14.7. The van der Waals surface area contributed by atoms with E-state index < -0.39 is 21.5 Å². The van der Waals surface area contributed by atoms with Crippen LogP contribution in [-0.4, -0.2) is 56.5 Å². The normalized spacial score (nSPS) is 11.6. The maximum absolute atomic E-state index is 8.74. The molecule has 0 saturated heterocycles. The van der Waals surface area contributed by atoms with Crippen LogP contribution in [0.4, 0.5) is 0 Å². The van der Waals surface area contributed by atoms with Gasteiger partial charge < -0.3 is 0 Å². The third kappa shape index (κ3) is 38.1. The van der Waals surface area contributed by atoms with Crippen molar-refractivity contribution in [2.75, 3.05) is 0 Å². The van der Waals surface area contributed by atoms with E-state index in [0.717, 1.165) is 0 Å². The molecule has 0 aromatic rings. The maximum Gasteiger partial charge on any atom is 0.394 e. The first-order valence-corrected chi connectivity index (χ1v) is 13.5. The Hall–Kier alpha value is -0.550. The minimum Gasteiger partial charge on any atom is -0.264 e. The predicted octanol–water partition coefficient (Wildman–Crippen LogP) is 5.88. The number of hydrogen-bond acceptors (Lipinski definition) is 6. The second-order valence-electron chi connectivity index (χ2n) is 8.17. The Morgan fingerprint density at radius 2 is 1.03 bits per heavy atom. The van der Waals surface area contributed by atoms with E-state index in [2.05, 4.69) is 17.2 Å². The molecular weight excluding hydrogens is 415 g/mol. The van der Waals surface area contributed by atoms with Crippen LogP contribution in [0.5, 0.6) is 0 Å². The van der Waals surface area contributed by atoms with Crippen LogP contribution in [0.2, 0.25) is 3.67 Å². The van der Waals surface area contributed by atoms with Crippen molar-refractivity contribution >= 4 is 38.3 Å². The molecule has 0 radical (unpaired) electrons. The van der Waals surface area contributed by atoms with E-state index in [1.54, 1.807) is 27.7 Å². The molecule has 0 saturated carbocycles. The summed E-state index contributed by atoms with van der Waals surface area (Å²) in [4.78, 5) is 0. The molecule has 0 unspecified atom stereocenters. The Labute approximate surface area is 201 Å². The van der Waals surface area contributed by atoms with Crippen molar-refractivity contribution in [1.82, 2.24) is 0 Å². The van der Waals surface area contributed by atoms with Crippen molar-refractivity contribution in [3.8, 4) is 12.1 Å². The molecule has 0 rings (SSSR count). The van der Waals surface area contributed by atoms with Crippen LogP contribution in [0.3, 0.4) is 0 Å². The summed E-state index contributed by atoms with van der Waals surface area (Å²) < 4.78 is 33.1. The summed E-state index contributed by atoms with van der Waals surface area (Å²) in [7, 11) is -4.67. The topological polar surface area (TPSA) is 147 Å². The number of hydrogen-bond donors (Lipinski definition) is 2. The van der Waals surface area contributed by atoms with E-state index in [1.807, 2.05) is 12.1 Å². The van der Waals surface area contributed by atoms with E-state index in [-0.39, 0.29) is 0 Å². The van der Waals surface area contributed by atoms with E-state index in [4.69, 9.17) is 28.0 Å². The fourth-order valence-electron chi connectivity index (χ4n) is 2.03. The van der Waals surface area contributed by atoms with Crippen LogP contribution in [-0.2, 0) is 10.4 Å². The van der Waals surface area contributed by atoms with Crippen molar-refractivity contribution in [1.29, 1.82) is 10.5 Å². The van der Waals surface area contributed by atoms with Crippen LogP contribution < -0.4 is 0 Å². The van der Waals surface area contributed by atoms with Crippen LogP contribution in [0.15, 0.2) is 10.2 Å². The molecule has 0 aliphatic heterocycles. The molecule has 0 fully saturated rings. The second-order valence-corrected chi connectivity index (χ2v) is 10.1. The first-order chi connectivity index (χ1) is 13.7. The Bertz CT molecular complexity index is 578. The van der Waals surface area contributed by atoms with Gasteiger partial charge in [-0.15, -0.1) is 0 Å². The van der Waals surface area contributed by atoms with Gasteiger partial charge in [-0.05, 0) is 27.7 Å². The van der Waals surface area contributed by atoms with Crippen molar-refractivity contribution in [3.63, 3.8) is 0 Å². The summed E-state index contributed by atoms with van der Waals surface area (Å²) >= 11 is 1.41. The molecule has 8 nitrogen and oxygen atoms in total. The minimum atomic E-state index is -4.67. The van der Waals surface area contributed by atoms with E-state index >= 15 is 0 Å². The van der Waals surface area contributed by atoms with Gasteiger partial charge in [-0.25, -0.2) is 0 Å². The van der Waals surface area contributed by atoms with Gasteiger partial charge >= 0.3 is 113 Å². The summed E-state index contributed by atoms with van der Waals surface area (Å²) in [5, 5.41) is 24.7. The summed E-state index contributed by atoms with van der Waals surface area (Å²) in [5.74, 6) is 0. The van der Waals surface area contributed by atoms with Gasteiger partial charge in [-0.3, -0.25) is 9.11 Å². The fraction of sp³-hybridized carbons (Fsp3) is 0.900. The number of unbranched alkanes of at least 4 members (excludes halogenated alkanes) is 9. The smallest absolute Gasteiger partial charge is 0.264 e. The van der Waals surface area contributed by atoms with Crippen molar-refractivity contribution in [2.24, 2.45) is 10.2 Å². The molecule has 0 atom stereocenters. The van der Waals surface area contributed by atoms with E-state index in [1.165, 1.54) is 95.8 Å². The van der Waals surface area contributed by atoms with Gasteiger partial charge in [0.05, 0.1) is 12.1 Å². The zero-order valence-electron chi connectivity index (χ0n) is 19.7. The largest absolute Gasteiger partial charge is 0.394 e. The average Bonchev–Trinajstić information content (AvgIpc) is 2.65. The molecular formula is C20H39N4NaO4S. The molecule has 30 heavy (non-hydrogen) atoms. The third-order valence-corrected chi connectivity index (χ3v) is 4.51. The number of nitrogens with zero attached hydrogens (tertiary/aromatic N) is 4. The van der Waals surface area contributed by atoms with Crippen molar-refractivity contribution < 1.29 is 17.5 Å².